The van der Waals surface area contributed by atoms with E-state index >= 15 is 0 Å². The van der Waals surface area contributed by atoms with E-state index in [2.05, 4.69) is 4.98 Å². The Balaban J connectivity index is 3.26. The second-order valence-electron chi connectivity index (χ2n) is 3.10. The topological polar surface area (TPSA) is 76.2 Å². The summed E-state index contributed by atoms with van der Waals surface area (Å²) in [5.41, 5.74) is 5.21. The number of alkyl halides is 2. The van der Waals surface area contributed by atoms with E-state index in [1.807, 2.05) is 0 Å². The Morgan fingerprint density at radius 3 is 2.73 bits per heavy atom. The predicted molar refractivity (Wildman–Crippen MR) is 49.7 cm³/mol. The highest BCUT2D eigenvalue weighted by Gasteiger charge is 2.19. The van der Waals surface area contributed by atoms with Gasteiger partial charge in [-0.3, -0.25) is 4.79 Å². The van der Waals surface area contributed by atoms with Gasteiger partial charge in [0.15, 0.2) is 0 Å². The highest BCUT2D eigenvalue weighted by atomic mass is 19.3. The summed E-state index contributed by atoms with van der Waals surface area (Å²) in [6, 6.07) is 1.38. The van der Waals surface area contributed by atoms with Crippen LogP contribution in [-0.2, 0) is 11.2 Å². The van der Waals surface area contributed by atoms with Gasteiger partial charge < -0.3 is 10.8 Å². The van der Waals surface area contributed by atoms with Crippen molar-refractivity contribution in [2.24, 2.45) is 0 Å². The number of aliphatic carboxylic acids is 1. The molecule has 0 radical (unpaired) electrons. The first-order valence-electron chi connectivity index (χ1n) is 4.17. The van der Waals surface area contributed by atoms with Crippen molar-refractivity contribution in [3.8, 4) is 0 Å². The number of halogens is 2. The molecule has 0 aliphatic carbocycles. The van der Waals surface area contributed by atoms with Gasteiger partial charge in [-0.25, -0.2) is 13.8 Å². The third-order valence-electron chi connectivity index (χ3n) is 1.93. The number of aromatic nitrogens is 1. The average Bonchev–Trinajstić information content (AvgIpc) is 2.08. The largest absolute Gasteiger partial charge is 0.481 e. The normalized spacial score (nSPS) is 10.7. The molecular weight excluding hydrogens is 206 g/mol. The Bertz CT molecular complexity index is 394. The monoisotopic (exact) mass is 216 g/mol. The second-order valence-corrected chi connectivity index (χ2v) is 3.10. The van der Waals surface area contributed by atoms with Crippen LogP contribution in [0.2, 0.25) is 0 Å². The third-order valence-corrected chi connectivity index (χ3v) is 1.93. The van der Waals surface area contributed by atoms with E-state index in [-0.39, 0.29) is 11.4 Å². The van der Waals surface area contributed by atoms with Crippen molar-refractivity contribution in [2.45, 2.75) is 19.8 Å². The van der Waals surface area contributed by atoms with Gasteiger partial charge in [0.2, 0.25) is 0 Å². The molecule has 0 atom stereocenters. The van der Waals surface area contributed by atoms with Crippen molar-refractivity contribution in [3.63, 3.8) is 0 Å². The van der Waals surface area contributed by atoms with Crippen LogP contribution >= 0.6 is 0 Å². The lowest BCUT2D eigenvalue weighted by Crippen LogP contribution is -2.09. The van der Waals surface area contributed by atoms with Crippen molar-refractivity contribution < 1.29 is 18.7 Å². The first-order chi connectivity index (χ1) is 6.91. The van der Waals surface area contributed by atoms with Gasteiger partial charge >= 0.3 is 5.97 Å². The lowest BCUT2D eigenvalue weighted by atomic mass is 10.0. The highest BCUT2D eigenvalue weighted by Crippen LogP contribution is 2.25. The third kappa shape index (κ3) is 2.61. The van der Waals surface area contributed by atoms with Gasteiger partial charge in [0.05, 0.1) is 6.42 Å². The van der Waals surface area contributed by atoms with E-state index in [9.17, 15) is 13.6 Å². The zero-order valence-electron chi connectivity index (χ0n) is 8.00. The van der Waals surface area contributed by atoms with Crippen LogP contribution in [0.25, 0.3) is 0 Å². The fourth-order valence-corrected chi connectivity index (χ4v) is 1.31. The Labute approximate surface area is 84.7 Å². The average molecular weight is 216 g/mol. The van der Waals surface area contributed by atoms with Gasteiger partial charge in [-0.15, -0.1) is 0 Å². The zero-order chi connectivity index (χ0) is 11.6. The minimum Gasteiger partial charge on any atom is -0.481 e. The first kappa shape index (κ1) is 11.4. The van der Waals surface area contributed by atoms with Gasteiger partial charge in [-0.2, -0.15) is 0 Å². The predicted octanol–water partition coefficient (Wildman–Crippen LogP) is 1.54. The quantitative estimate of drug-likeness (QED) is 0.803. The number of nitrogen functional groups attached to an aromatic ring is 1. The fourth-order valence-electron chi connectivity index (χ4n) is 1.31. The molecule has 0 saturated heterocycles. The number of carboxylic acids is 1. The summed E-state index contributed by atoms with van der Waals surface area (Å²) in [4.78, 5) is 13.9. The summed E-state index contributed by atoms with van der Waals surface area (Å²) in [5, 5.41) is 8.56. The molecule has 0 fully saturated rings. The molecule has 0 spiro atoms. The number of anilines is 1. The first-order valence-corrected chi connectivity index (χ1v) is 4.17. The maximum atomic E-state index is 12.5. The van der Waals surface area contributed by atoms with Crippen LogP contribution in [-0.4, -0.2) is 16.1 Å². The molecule has 0 aliphatic rings. The standard InChI is InChI=1S/C9H10F2N2O2/c1-4-2-6(12)13-8(9(10)11)5(4)3-7(14)15/h2,9H,3H2,1H3,(H2,12,13)(H,14,15). The van der Waals surface area contributed by atoms with Crippen LogP contribution in [0.4, 0.5) is 14.6 Å². The number of pyridine rings is 1. The van der Waals surface area contributed by atoms with Crippen LogP contribution in [0.3, 0.4) is 0 Å². The van der Waals surface area contributed by atoms with Crippen molar-refractivity contribution in [1.29, 1.82) is 0 Å². The Hall–Kier alpha value is -1.72. The molecule has 0 aromatic carbocycles. The summed E-state index contributed by atoms with van der Waals surface area (Å²) in [7, 11) is 0. The molecule has 0 unspecified atom stereocenters. The number of nitrogens with zero attached hydrogens (tertiary/aromatic N) is 1. The van der Waals surface area contributed by atoms with E-state index in [0.29, 0.717) is 5.56 Å². The van der Waals surface area contributed by atoms with Crippen molar-refractivity contribution in [2.75, 3.05) is 5.73 Å². The molecule has 6 heteroatoms. The van der Waals surface area contributed by atoms with Gasteiger partial charge in [-0.05, 0) is 24.1 Å². The Kier molecular flexibility index (Phi) is 3.18. The number of hydrogen-bond acceptors (Lipinski definition) is 3. The smallest absolute Gasteiger partial charge is 0.307 e. The molecule has 15 heavy (non-hydrogen) atoms. The lowest BCUT2D eigenvalue weighted by molar-refractivity contribution is -0.136. The van der Waals surface area contributed by atoms with E-state index in [4.69, 9.17) is 10.8 Å². The number of carboxylic acid groups (broad SMARTS) is 1. The summed E-state index contributed by atoms with van der Waals surface area (Å²) >= 11 is 0. The fraction of sp³-hybridized carbons (Fsp3) is 0.333. The summed E-state index contributed by atoms with van der Waals surface area (Å²) in [5.74, 6) is -1.21. The summed E-state index contributed by atoms with van der Waals surface area (Å²) in [6.45, 7) is 1.53. The molecule has 0 aliphatic heterocycles. The van der Waals surface area contributed by atoms with Crippen molar-refractivity contribution in [3.05, 3.63) is 22.9 Å². The molecule has 82 valence electrons. The van der Waals surface area contributed by atoms with E-state index in [1.54, 1.807) is 0 Å². The van der Waals surface area contributed by atoms with Crippen LogP contribution in [0.5, 0.6) is 0 Å². The van der Waals surface area contributed by atoms with Crippen LogP contribution < -0.4 is 5.73 Å². The van der Waals surface area contributed by atoms with E-state index in [0.717, 1.165) is 0 Å². The van der Waals surface area contributed by atoms with Crippen LogP contribution in [0.1, 0.15) is 23.2 Å². The lowest BCUT2D eigenvalue weighted by Gasteiger charge is -2.10. The maximum Gasteiger partial charge on any atom is 0.307 e. The van der Waals surface area contributed by atoms with Crippen LogP contribution in [0.15, 0.2) is 6.07 Å². The number of rotatable bonds is 3. The van der Waals surface area contributed by atoms with Gasteiger partial charge in [-0.1, -0.05) is 0 Å². The SMILES string of the molecule is Cc1cc(N)nc(C(F)F)c1CC(=O)O. The summed E-state index contributed by atoms with van der Waals surface area (Å²) < 4.78 is 25.1. The number of aryl methyl sites for hydroxylation is 1. The minimum absolute atomic E-state index is 0.0306. The molecule has 0 bridgehead atoms. The van der Waals surface area contributed by atoms with Gasteiger partial charge in [0, 0.05) is 0 Å². The van der Waals surface area contributed by atoms with E-state index in [1.165, 1.54) is 13.0 Å². The Morgan fingerprint density at radius 1 is 1.67 bits per heavy atom. The second kappa shape index (κ2) is 4.20. The minimum atomic E-state index is -2.82. The van der Waals surface area contributed by atoms with Crippen molar-refractivity contribution in [1.82, 2.24) is 4.98 Å². The molecule has 1 aromatic rings. The summed E-state index contributed by atoms with van der Waals surface area (Å²) in [6.07, 6.45) is -3.29. The zero-order valence-corrected chi connectivity index (χ0v) is 8.00. The number of nitrogens with two attached hydrogens (primary N) is 1. The van der Waals surface area contributed by atoms with Gasteiger partial charge in [0.1, 0.15) is 11.5 Å². The highest BCUT2D eigenvalue weighted by molar-refractivity contribution is 5.71. The number of carbonyl (C=O) groups is 1. The Morgan fingerprint density at radius 2 is 2.27 bits per heavy atom. The molecule has 0 amide bonds. The molecular formula is C9H10F2N2O2. The molecule has 1 heterocycles. The molecule has 3 N–H and O–H groups in total. The van der Waals surface area contributed by atoms with E-state index < -0.39 is 24.5 Å². The maximum absolute atomic E-state index is 12.5. The van der Waals surface area contributed by atoms with Crippen molar-refractivity contribution >= 4 is 11.8 Å². The molecule has 4 nitrogen and oxygen atoms in total. The number of hydrogen-bond donors (Lipinski definition) is 2. The molecule has 0 saturated carbocycles. The molecule has 1 rings (SSSR count). The van der Waals surface area contributed by atoms with Crippen LogP contribution in [0, 0.1) is 6.92 Å². The van der Waals surface area contributed by atoms with Gasteiger partial charge in [0.25, 0.3) is 6.43 Å². The molecule has 1 aromatic heterocycles.